The van der Waals surface area contributed by atoms with Crippen molar-refractivity contribution in [3.63, 3.8) is 0 Å². The molecule has 0 aliphatic heterocycles. The van der Waals surface area contributed by atoms with Gasteiger partial charge in [-0.15, -0.1) is 0 Å². The second kappa shape index (κ2) is 19.1. The van der Waals surface area contributed by atoms with Crippen molar-refractivity contribution in [2.75, 3.05) is 42.7 Å². The largest absolute Gasteiger partial charge is 0.500 e. The van der Waals surface area contributed by atoms with Gasteiger partial charge in [-0.1, -0.05) is 22.3 Å². The van der Waals surface area contributed by atoms with E-state index in [2.05, 4.69) is 4.74 Å². The molecule has 1 aromatic heterocycles. The molecule has 0 radical (unpaired) electrons. The normalized spacial score (nSPS) is 13.4. The molecule has 0 atom stereocenters. The maximum Gasteiger partial charge on any atom is 0.500 e. The number of halogens is 10. The van der Waals surface area contributed by atoms with Crippen LogP contribution in [0.1, 0.15) is 42.0 Å². The van der Waals surface area contributed by atoms with Gasteiger partial charge in [0.25, 0.3) is 0 Å². The lowest BCUT2D eigenvalue weighted by atomic mass is 10.2. The van der Waals surface area contributed by atoms with Crippen LogP contribution < -0.4 is 17.1 Å². The van der Waals surface area contributed by atoms with Crippen molar-refractivity contribution in [2.45, 2.75) is 104 Å². The molecule has 1 aromatic rings. The third-order valence-electron chi connectivity index (χ3n) is 6.94. The van der Waals surface area contributed by atoms with Gasteiger partial charge in [-0.3, -0.25) is 0 Å². The molecule has 13 nitrogen and oxygen atoms in total. The fraction of sp³-hybridized carbons (Fsp3) is 0.880. The van der Waals surface area contributed by atoms with Crippen LogP contribution in [0.4, 0.5) is 43.9 Å². The highest BCUT2D eigenvalue weighted by atomic mass is 28.4. The molecule has 0 N–H and O–H groups in total. The molecule has 1 rings (SSSR count). The Morgan fingerprint density at radius 3 is 1.12 bits per heavy atom. The van der Waals surface area contributed by atoms with Crippen LogP contribution in [-0.4, -0.2) is 104 Å². The maximum absolute atomic E-state index is 14.8. The van der Waals surface area contributed by atoms with Gasteiger partial charge in [-0.2, -0.15) is 43.9 Å². The molecular weight excluding hydrogens is 748 g/mol. The first-order valence-electron chi connectivity index (χ1n) is 13.2. The van der Waals surface area contributed by atoms with Crippen molar-refractivity contribution >= 4 is 17.6 Å². The number of hydrogen-bond acceptors (Lipinski definition) is 10. The minimum absolute atomic E-state index is 0. The molecule has 0 saturated heterocycles. The standard InChI is InChI=1S/C22H35F10N3O10Si2.3CH4/c1-18(23,24)20(27,28)22(31,32)45-21(29,30)19(25,26)14-35-16(37)33(10-8-12-46(39-2,40-3)41-4)15(36)34(17(35)38)11-9-13-47(42-5,43-6)44-7;;;/h8-14H2,1-7H3;3*1H4. The minimum atomic E-state index is -6.89. The fourth-order valence-corrected chi connectivity index (χ4v) is 7.47. The lowest BCUT2D eigenvalue weighted by Crippen LogP contribution is -2.61. The number of hydrogen-bond donors (Lipinski definition) is 0. The van der Waals surface area contributed by atoms with E-state index in [1.54, 1.807) is 0 Å². The molecule has 0 aliphatic carbocycles. The number of alkyl halides is 10. The van der Waals surface area contributed by atoms with Crippen molar-refractivity contribution < 1.29 is 75.2 Å². The fourth-order valence-electron chi connectivity index (χ4n) is 4.07. The lowest BCUT2D eigenvalue weighted by molar-refractivity contribution is -0.485. The van der Waals surface area contributed by atoms with E-state index in [-0.39, 0.29) is 56.3 Å². The zero-order valence-electron chi connectivity index (χ0n) is 26.2. The van der Waals surface area contributed by atoms with Crippen molar-refractivity contribution in [2.24, 2.45) is 0 Å². The highest BCUT2D eigenvalue weighted by Crippen LogP contribution is 2.50. The molecule has 25 heteroatoms. The quantitative estimate of drug-likeness (QED) is 0.127. The van der Waals surface area contributed by atoms with Crippen LogP contribution in [0.3, 0.4) is 0 Å². The monoisotopic (exact) mass is 795 g/mol. The Bertz CT molecular complexity index is 1290. The SMILES string of the molecule is C.C.C.CO[Si](CCCn1c(=O)n(CCC[Si](OC)(OC)OC)c(=O)n(CC(F)(F)C(F)(F)OC(F)(F)C(F)(F)C(C)(F)F)c1=O)(OC)OC. The van der Waals surface area contributed by atoms with Crippen LogP contribution in [0.5, 0.6) is 0 Å². The molecule has 0 bridgehead atoms. The van der Waals surface area contributed by atoms with E-state index in [0.717, 1.165) is 0 Å². The molecule has 0 aromatic carbocycles. The summed E-state index contributed by atoms with van der Waals surface area (Å²) in [5, 5.41) is 0. The zero-order valence-corrected chi connectivity index (χ0v) is 28.2. The van der Waals surface area contributed by atoms with Gasteiger partial charge in [-0.05, 0) is 12.8 Å². The highest BCUT2D eigenvalue weighted by Gasteiger charge is 2.75. The smallest absolute Gasteiger partial charge is 0.377 e. The average Bonchev–Trinajstić information content (AvgIpc) is 2.98. The van der Waals surface area contributed by atoms with Gasteiger partial charge in [0.15, 0.2) is 0 Å². The lowest BCUT2D eigenvalue weighted by Gasteiger charge is -2.34. The number of nitrogens with zero attached hydrogens (tertiary/aromatic N) is 3. The van der Waals surface area contributed by atoms with Crippen molar-refractivity contribution in [3.05, 3.63) is 31.5 Å². The van der Waals surface area contributed by atoms with Gasteiger partial charge in [0, 0.05) is 74.8 Å². The van der Waals surface area contributed by atoms with Gasteiger partial charge in [0.1, 0.15) is 6.54 Å². The van der Waals surface area contributed by atoms with Crippen LogP contribution in [-0.2, 0) is 50.9 Å². The van der Waals surface area contributed by atoms with E-state index in [1.165, 1.54) is 42.7 Å². The summed E-state index contributed by atoms with van der Waals surface area (Å²) < 4.78 is 172. The van der Waals surface area contributed by atoms with E-state index in [9.17, 15) is 58.3 Å². The van der Waals surface area contributed by atoms with Crippen LogP contribution in [0.2, 0.25) is 12.1 Å². The summed E-state index contributed by atoms with van der Waals surface area (Å²) in [5.41, 5.74) is -5.31. The summed E-state index contributed by atoms with van der Waals surface area (Å²) >= 11 is 0. The molecule has 1 heterocycles. The second-order valence-electron chi connectivity index (χ2n) is 9.84. The Hall–Kier alpha value is -2.14. The van der Waals surface area contributed by atoms with Crippen LogP contribution in [0, 0.1) is 0 Å². The summed E-state index contributed by atoms with van der Waals surface area (Å²) in [6.45, 7) is -5.02. The zero-order chi connectivity index (χ0) is 36.9. The Labute approximate surface area is 284 Å². The van der Waals surface area contributed by atoms with Gasteiger partial charge >= 0.3 is 64.7 Å². The molecule has 50 heavy (non-hydrogen) atoms. The van der Waals surface area contributed by atoms with Gasteiger partial charge in [-0.25, -0.2) is 32.8 Å². The van der Waals surface area contributed by atoms with E-state index >= 15 is 0 Å². The average molecular weight is 796 g/mol. The van der Waals surface area contributed by atoms with Gasteiger partial charge in [0.05, 0.1) is 0 Å². The molecule has 0 amide bonds. The van der Waals surface area contributed by atoms with E-state index in [0.29, 0.717) is 0 Å². The van der Waals surface area contributed by atoms with Crippen molar-refractivity contribution in [1.29, 1.82) is 0 Å². The molecule has 0 aliphatic rings. The highest BCUT2D eigenvalue weighted by molar-refractivity contribution is 6.60. The topological polar surface area (TPSA) is 131 Å². The van der Waals surface area contributed by atoms with Crippen LogP contribution in [0.15, 0.2) is 14.4 Å². The van der Waals surface area contributed by atoms with E-state index in [1.807, 2.05) is 0 Å². The molecule has 300 valence electrons. The first-order valence-corrected chi connectivity index (χ1v) is 17.0. The van der Waals surface area contributed by atoms with E-state index < -0.39 is 95.8 Å². The molecular formula is C25H47F10N3O10Si2. The summed E-state index contributed by atoms with van der Waals surface area (Å²) in [6.07, 6.45) is -14.0. The predicted octanol–water partition coefficient (Wildman–Crippen LogP) is 4.74. The first-order chi connectivity index (χ1) is 21.3. The summed E-state index contributed by atoms with van der Waals surface area (Å²) in [4.78, 5) is 39.3. The van der Waals surface area contributed by atoms with Crippen molar-refractivity contribution in [3.8, 4) is 0 Å². The van der Waals surface area contributed by atoms with Crippen molar-refractivity contribution in [1.82, 2.24) is 13.7 Å². The number of ether oxygens (including phenoxy) is 1. The maximum atomic E-state index is 14.8. The summed E-state index contributed by atoms with van der Waals surface area (Å²) in [7, 11) is 0.563. The summed E-state index contributed by atoms with van der Waals surface area (Å²) in [6, 6.07) is -0.225. The molecule has 0 unspecified atom stereocenters. The molecule has 0 saturated carbocycles. The molecule has 0 spiro atoms. The third kappa shape index (κ3) is 10.9. The number of aromatic nitrogens is 3. The molecule has 0 fully saturated rings. The van der Waals surface area contributed by atoms with Crippen LogP contribution >= 0.6 is 0 Å². The van der Waals surface area contributed by atoms with Gasteiger partial charge < -0.3 is 26.6 Å². The Balaban J connectivity index is -0.00000736. The number of rotatable bonds is 21. The Morgan fingerprint density at radius 1 is 0.540 bits per heavy atom. The Kier molecular flexibility index (Phi) is 19.9. The third-order valence-corrected chi connectivity index (χ3v) is 12.6. The predicted molar refractivity (Wildman–Crippen MR) is 163 cm³/mol. The summed E-state index contributed by atoms with van der Waals surface area (Å²) in [5.74, 6) is -18.6. The minimum Gasteiger partial charge on any atom is -0.377 e. The first kappa shape index (κ1) is 52.2. The Morgan fingerprint density at radius 2 is 0.840 bits per heavy atom. The van der Waals surface area contributed by atoms with Crippen LogP contribution in [0.25, 0.3) is 0 Å². The second-order valence-corrected chi connectivity index (χ2v) is 16.0. The van der Waals surface area contributed by atoms with E-state index in [4.69, 9.17) is 26.6 Å². The van der Waals surface area contributed by atoms with Gasteiger partial charge in [0.2, 0.25) is 0 Å².